The monoisotopic (exact) mass is 406 g/mol. The first-order valence-corrected chi connectivity index (χ1v) is 10.2. The molecule has 0 aliphatic carbocycles. The summed E-state index contributed by atoms with van der Waals surface area (Å²) in [7, 11) is 1.64. The highest BCUT2D eigenvalue weighted by atomic mass is 16.5. The summed E-state index contributed by atoms with van der Waals surface area (Å²) in [5.74, 6) is -0.326. The number of nitrogens with zero attached hydrogens (tertiary/aromatic N) is 3. The molecule has 0 unspecified atom stereocenters. The molecule has 2 heterocycles. The van der Waals surface area contributed by atoms with Crippen LogP contribution in [0.3, 0.4) is 0 Å². The standard InChI is InChI=1S/C23H26N4O3/c1-30-13-12-27-16-19(14-24-27)25-22(28)18-8-5-11-26(15-18)23(29)21-10-4-7-17-6-2-3-9-20(17)21/h2-4,6-7,9-10,14,16,18H,5,8,11-13,15H2,1H3,(H,25,28)/t18-/m1/s1. The minimum absolute atomic E-state index is 0.0170. The van der Waals surface area contributed by atoms with Crippen LogP contribution < -0.4 is 5.32 Å². The van der Waals surface area contributed by atoms with Gasteiger partial charge in [0.2, 0.25) is 5.91 Å². The molecule has 1 saturated heterocycles. The molecule has 1 atom stereocenters. The zero-order valence-corrected chi connectivity index (χ0v) is 17.1. The van der Waals surface area contributed by atoms with E-state index in [4.69, 9.17) is 4.74 Å². The van der Waals surface area contributed by atoms with Crippen LogP contribution in [-0.2, 0) is 16.1 Å². The summed E-state index contributed by atoms with van der Waals surface area (Å²) in [6.45, 7) is 2.28. The van der Waals surface area contributed by atoms with Gasteiger partial charge >= 0.3 is 0 Å². The Balaban J connectivity index is 1.43. The Bertz CT molecular complexity index is 1040. The number of piperidine rings is 1. The van der Waals surface area contributed by atoms with Crippen LogP contribution in [0.4, 0.5) is 5.69 Å². The molecule has 0 bridgehead atoms. The Hall–Kier alpha value is -3.19. The van der Waals surface area contributed by atoms with E-state index in [1.165, 1.54) is 0 Å². The molecule has 1 aliphatic rings. The molecule has 7 nitrogen and oxygen atoms in total. The summed E-state index contributed by atoms with van der Waals surface area (Å²) in [5.41, 5.74) is 1.35. The van der Waals surface area contributed by atoms with Crippen molar-refractivity contribution in [2.24, 2.45) is 5.92 Å². The first-order chi connectivity index (χ1) is 14.7. The van der Waals surface area contributed by atoms with Gasteiger partial charge in [-0.15, -0.1) is 0 Å². The van der Waals surface area contributed by atoms with Crippen molar-refractivity contribution in [2.45, 2.75) is 19.4 Å². The Kier molecular flexibility index (Phi) is 6.09. The number of ether oxygens (including phenoxy) is 1. The largest absolute Gasteiger partial charge is 0.383 e. The number of carbonyl (C=O) groups excluding carboxylic acids is 2. The van der Waals surface area contributed by atoms with Crippen molar-refractivity contribution in [1.29, 1.82) is 0 Å². The third kappa shape index (κ3) is 4.36. The van der Waals surface area contributed by atoms with Gasteiger partial charge in [-0.1, -0.05) is 36.4 Å². The van der Waals surface area contributed by atoms with Crippen LogP contribution in [0.2, 0.25) is 0 Å². The third-order valence-corrected chi connectivity index (χ3v) is 5.52. The number of nitrogens with one attached hydrogen (secondary N) is 1. The van der Waals surface area contributed by atoms with Gasteiger partial charge in [0.25, 0.3) is 5.91 Å². The Morgan fingerprint density at radius 1 is 1.20 bits per heavy atom. The zero-order valence-electron chi connectivity index (χ0n) is 17.1. The molecule has 3 aromatic rings. The summed E-state index contributed by atoms with van der Waals surface area (Å²) in [6.07, 6.45) is 5.00. The van der Waals surface area contributed by atoms with Crippen molar-refractivity contribution in [3.8, 4) is 0 Å². The maximum atomic E-state index is 13.2. The molecule has 1 aromatic heterocycles. The molecular weight excluding hydrogens is 380 g/mol. The normalized spacial score (nSPS) is 16.6. The van der Waals surface area contributed by atoms with Crippen LogP contribution in [0.15, 0.2) is 54.9 Å². The fourth-order valence-electron chi connectivity index (χ4n) is 3.94. The third-order valence-electron chi connectivity index (χ3n) is 5.52. The smallest absolute Gasteiger partial charge is 0.254 e. The molecule has 0 saturated carbocycles. The highest BCUT2D eigenvalue weighted by Gasteiger charge is 2.29. The van der Waals surface area contributed by atoms with Crippen molar-refractivity contribution in [3.05, 3.63) is 60.4 Å². The SMILES string of the molecule is COCCn1cc(NC(=O)[C@@H]2CCCN(C(=O)c3cccc4ccccc34)C2)cn1. The van der Waals surface area contributed by atoms with Crippen molar-refractivity contribution in [2.75, 3.05) is 32.1 Å². The molecule has 1 fully saturated rings. The van der Waals surface area contributed by atoms with Crippen molar-refractivity contribution >= 4 is 28.3 Å². The van der Waals surface area contributed by atoms with E-state index in [2.05, 4.69) is 10.4 Å². The number of likely N-dealkylation sites (tertiary alicyclic amines) is 1. The van der Waals surface area contributed by atoms with E-state index < -0.39 is 0 Å². The van der Waals surface area contributed by atoms with Crippen LogP contribution in [0, 0.1) is 5.92 Å². The zero-order chi connectivity index (χ0) is 20.9. The van der Waals surface area contributed by atoms with Crippen LogP contribution in [0.5, 0.6) is 0 Å². The lowest BCUT2D eigenvalue weighted by Crippen LogP contribution is -2.43. The van der Waals surface area contributed by atoms with Crippen LogP contribution in [0.25, 0.3) is 10.8 Å². The summed E-state index contributed by atoms with van der Waals surface area (Å²) < 4.78 is 6.78. The lowest BCUT2D eigenvalue weighted by Gasteiger charge is -2.32. The number of amides is 2. The minimum Gasteiger partial charge on any atom is -0.383 e. The first kappa shape index (κ1) is 20.1. The van der Waals surface area contributed by atoms with Gasteiger partial charge in [-0.25, -0.2) is 0 Å². The molecular formula is C23H26N4O3. The average molecular weight is 406 g/mol. The fourth-order valence-corrected chi connectivity index (χ4v) is 3.94. The van der Waals surface area contributed by atoms with Crippen LogP contribution in [0.1, 0.15) is 23.2 Å². The lowest BCUT2D eigenvalue weighted by molar-refractivity contribution is -0.121. The maximum Gasteiger partial charge on any atom is 0.254 e. The van der Waals surface area contributed by atoms with Gasteiger partial charge in [-0.05, 0) is 29.7 Å². The second kappa shape index (κ2) is 9.09. The number of hydrogen-bond donors (Lipinski definition) is 1. The topological polar surface area (TPSA) is 76.5 Å². The summed E-state index contributed by atoms with van der Waals surface area (Å²) in [4.78, 5) is 27.8. The van der Waals surface area contributed by atoms with Gasteiger partial charge < -0.3 is 15.0 Å². The van der Waals surface area contributed by atoms with E-state index in [0.717, 1.165) is 23.6 Å². The summed E-state index contributed by atoms with van der Waals surface area (Å²) >= 11 is 0. The van der Waals surface area contributed by atoms with Crippen molar-refractivity contribution < 1.29 is 14.3 Å². The number of carbonyl (C=O) groups is 2. The number of rotatable bonds is 6. The van der Waals surface area contributed by atoms with Gasteiger partial charge in [0.15, 0.2) is 0 Å². The molecule has 30 heavy (non-hydrogen) atoms. The van der Waals surface area contributed by atoms with Crippen LogP contribution in [-0.4, -0.2) is 53.3 Å². The molecule has 1 aliphatic heterocycles. The van der Waals surface area contributed by atoms with E-state index in [9.17, 15) is 9.59 Å². The predicted octanol–water partition coefficient (Wildman–Crippen LogP) is 3.17. The summed E-state index contributed by atoms with van der Waals surface area (Å²) in [5, 5.41) is 9.14. The number of methoxy groups -OCH3 is 1. The van der Waals surface area contributed by atoms with Gasteiger partial charge in [0.05, 0.1) is 31.0 Å². The van der Waals surface area contributed by atoms with E-state index >= 15 is 0 Å². The number of benzene rings is 2. The predicted molar refractivity (Wildman–Crippen MR) is 115 cm³/mol. The number of aromatic nitrogens is 2. The first-order valence-electron chi connectivity index (χ1n) is 10.2. The van der Waals surface area contributed by atoms with E-state index in [0.29, 0.717) is 37.5 Å². The minimum atomic E-state index is -0.236. The number of fused-ring (bicyclic) bond motifs is 1. The Morgan fingerprint density at radius 2 is 2.03 bits per heavy atom. The summed E-state index contributed by atoms with van der Waals surface area (Å²) in [6, 6.07) is 13.7. The molecule has 1 N–H and O–H groups in total. The second-order valence-corrected chi connectivity index (χ2v) is 7.59. The molecule has 156 valence electrons. The van der Waals surface area contributed by atoms with Crippen LogP contribution >= 0.6 is 0 Å². The molecule has 4 rings (SSSR count). The van der Waals surface area contributed by atoms with E-state index in [-0.39, 0.29) is 17.7 Å². The highest BCUT2D eigenvalue weighted by molar-refractivity contribution is 6.07. The molecule has 2 aromatic carbocycles. The number of anilines is 1. The highest BCUT2D eigenvalue weighted by Crippen LogP contribution is 2.24. The maximum absolute atomic E-state index is 13.2. The Morgan fingerprint density at radius 3 is 2.90 bits per heavy atom. The van der Waals surface area contributed by atoms with Gasteiger partial charge in [-0.3, -0.25) is 14.3 Å². The lowest BCUT2D eigenvalue weighted by atomic mass is 9.95. The van der Waals surface area contributed by atoms with Gasteiger partial charge in [0.1, 0.15) is 0 Å². The molecule has 7 heteroatoms. The van der Waals surface area contributed by atoms with E-state index in [1.807, 2.05) is 42.5 Å². The van der Waals surface area contributed by atoms with Crippen molar-refractivity contribution in [3.63, 3.8) is 0 Å². The number of hydrogen-bond acceptors (Lipinski definition) is 4. The Labute approximate surface area is 175 Å². The van der Waals surface area contributed by atoms with Crippen molar-refractivity contribution in [1.82, 2.24) is 14.7 Å². The molecule has 2 amide bonds. The quantitative estimate of drug-likeness (QED) is 0.682. The average Bonchev–Trinajstić information content (AvgIpc) is 3.24. The molecule has 0 spiro atoms. The molecule has 0 radical (unpaired) electrons. The van der Waals surface area contributed by atoms with Gasteiger partial charge in [0, 0.05) is 32.0 Å². The van der Waals surface area contributed by atoms with Gasteiger partial charge in [-0.2, -0.15) is 5.10 Å². The fraction of sp³-hybridized carbons (Fsp3) is 0.348. The second-order valence-electron chi connectivity index (χ2n) is 7.59. The van der Waals surface area contributed by atoms with E-state index in [1.54, 1.807) is 29.1 Å².